The van der Waals surface area contributed by atoms with Gasteiger partial charge in [0, 0.05) is 13.0 Å². The zero-order chi connectivity index (χ0) is 14.8. The smallest absolute Gasteiger partial charge is 0.344 e. The molecule has 21 heavy (non-hydrogen) atoms. The van der Waals surface area contributed by atoms with Crippen molar-refractivity contribution in [2.75, 3.05) is 0 Å². The van der Waals surface area contributed by atoms with E-state index in [2.05, 4.69) is 4.98 Å². The summed E-state index contributed by atoms with van der Waals surface area (Å²) in [6.07, 6.45) is 2.73. The van der Waals surface area contributed by atoms with E-state index in [0.29, 0.717) is 17.9 Å². The number of benzene rings is 1. The summed E-state index contributed by atoms with van der Waals surface area (Å²) in [6, 6.07) is 8.35. The average molecular weight is 284 g/mol. The van der Waals surface area contributed by atoms with Crippen LogP contribution in [-0.4, -0.2) is 15.5 Å². The number of esters is 1. The summed E-state index contributed by atoms with van der Waals surface area (Å²) in [6.45, 7) is 2.63. The second kappa shape index (κ2) is 5.52. The monoisotopic (exact) mass is 284 g/mol. The van der Waals surface area contributed by atoms with Gasteiger partial charge >= 0.3 is 5.97 Å². The van der Waals surface area contributed by atoms with Gasteiger partial charge in [-0.1, -0.05) is 17.7 Å². The number of aryl methyl sites for hydroxylation is 2. The molecule has 5 heteroatoms. The molecule has 0 spiro atoms. The zero-order valence-corrected chi connectivity index (χ0v) is 11.8. The molecule has 0 amide bonds. The number of rotatable bonds is 2. The summed E-state index contributed by atoms with van der Waals surface area (Å²) in [7, 11) is 0. The maximum absolute atomic E-state index is 12.0. The molecule has 0 atom stereocenters. The van der Waals surface area contributed by atoms with Gasteiger partial charge in [0.1, 0.15) is 5.82 Å². The zero-order valence-electron chi connectivity index (χ0n) is 11.8. The van der Waals surface area contributed by atoms with Gasteiger partial charge in [-0.3, -0.25) is 9.36 Å². The largest absolute Gasteiger partial charge is 0.404 e. The van der Waals surface area contributed by atoms with E-state index in [1.54, 1.807) is 16.7 Å². The Labute approximate surface area is 122 Å². The summed E-state index contributed by atoms with van der Waals surface area (Å²) in [5, 5.41) is 0. The molecule has 1 aliphatic rings. The SMILES string of the molecule is Cc1ccc(C(=O)Oc2cc(=O)n3c(n2)CCCC3)cc1. The van der Waals surface area contributed by atoms with Crippen LogP contribution in [0, 0.1) is 6.92 Å². The Hall–Kier alpha value is -2.43. The molecule has 0 unspecified atom stereocenters. The van der Waals surface area contributed by atoms with E-state index in [0.717, 1.165) is 24.8 Å². The van der Waals surface area contributed by atoms with Crippen LogP contribution in [0.15, 0.2) is 35.1 Å². The van der Waals surface area contributed by atoms with Crippen molar-refractivity contribution in [2.45, 2.75) is 32.7 Å². The van der Waals surface area contributed by atoms with Crippen LogP contribution in [0.3, 0.4) is 0 Å². The standard InChI is InChI=1S/C16H16N2O3/c1-11-5-7-12(8-6-11)16(20)21-14-10-15(19)18-9-3-2-4-13(18)17-14/h5-8,10H,2-4,9H2,1H3. The molecule has 0 N–H and O–H groups in total. The van der Waals surface area contributed by atoms with E-state index in [9.17, 15) is 9.59 Å². The Bertz CT molecular complexity index is 732. The minimum atomic E-state index is -0.498. The maximum atomic E-state index is 12.0. The Morgan fingerprint density at radius 2 is 2.00 bits per heavy atom. The lowest BCUT2D eigenvalue weighted by molar-refractivity contribution is 0.0726. The second-order valence-electron chi connectivity index (χ2n) is 5.21. The molecule has 2 aromatic rings. The van der Waals surface area contributed by atoms with Crippen molar-refractivity contribution in [1.29, 1.82) is 0 Å². The summed E-state index contributed by atoms with van der Waals surface area (Å²) in [5.74, 6) is 0.279. The predicted molar refractivity (Wildman–Crippen MR) is 77.6 cm³/mol. The first-order chi connectivity index (χ1) is 10.1. The Morgan fingerprint density at radius 3 is 2.76 bits per heavy atom. The fraction of sp³-hybridized carbons (Fsp3) is 0.312. The molecule has 3 rings (SSSR count). The second-order valence-corrected chi connectivity index (χ2v) is 5.21. The Kier molecular flexibility index (Phi) is 3.56. The third-order valence-corrected chi connectivity index (χ3v) is 3.58. The van der Waals surface area contributed by atoms with E-state index in [1.165, 1.54) is 6.07 Å². The lowest BCUT2D eigenvalue weighted by Crippen LogP contribution is -2.28. The number of nitrogens with zero attached hydrogens (tertiary/aromatic N) is 2. The van der Waals surface area contributed by atoms with Crippen molar-refractivity contribution < 1.29 is 9.53 Å². The van der Waals surface area contributed by atoms with Crippen molar-refractivity contribution in [3.05, 3.63) is 57.6 Å². The molecule has 0 aliphatic carbocycles. The third-order valence-electron chi connectivity index (χ3n) is 3.58. The number of ether oxygens (including phenoxy) is 1. The first-order valence-electron chi connectivity index (χ1n) is 7.03. The number of aromatic nitrogens is 2. The molecule has 108 valence electrons. The lowest BCUT2D eigenvalue weighted by Gasteiger charge is -2.17. The minimum Gasteiger partial charge on any atom is -0.404 e. The summed E-state index contributed by atoms with van der Waals surface area (Å²) in [5.41, 5.74) is 1.35. The number of hydrogen-bond donors (Lipinski definition) is 0. The van der Waals surface area contributed by atoms with Crippen LogP contribution < -0.4 is 10.3 Å². The first kappa shape index (κ1) is 13.5. The van der Waals surface area contributed by atoms with Crippen molar-refractivity contribution >= 4 is 5.97 Å². The quantitative estimate of drug-likeness (QED) is 0.792. The third kappa shape index (κ3) is 2.86. The molecule has 0 saturated carbocycles. The molecule has 2 heterocycles. The van der Waals surface area contributed by atoms with E-state index in [1.807, 2.05) is 19.1 Å². The van der Waals surface area contributed by atoms with Crippen LogP contribution in [0.5, 0.6) is 5.88 Å². The van der Waals surface area contributed by atoms with Crippen LogP contribution in [0.4, 0.5) is 0 Å². The fourth-order valence-corrected chi connectivity index (χ4v) is 2.41. The van der Waals surface area contributed by atoms with E-state index in [-0.39, 0.29) is 11.4 Å². The van der Waals surface area contributed by atoms with Gasteiger partial charge in [-0.15, -0.1) is 0 Å². The summed E-state index contributed by atoms with van der Waals surface area (Å²) >= 11 is 0. The molecule has 0 bridgehead atoms. The van der Waals surface area contributed by atoms with Crippen molar-refractivity contribution in [3.63, 3.8) is 0 Å². The predicted octanol–water partition coefficient (Wildman–Crippen LogP) is 2.11. The number of carbonyl (C=O) groups is 1. The van der Waals surface area contributed by atoms with Gasteiger partial charge in [0.05, 0.1) is 11.6 Å². The van der Waals surface area contributed by atoms with Gasteiger partial charge in [-0.05, 0) is 31.9 Å². The van der Waals surface area contributed by atoms with Gasteiger partial charge < -0.3 is 4.74 Å². The van der Waals surface area contributed by atoms with Gasteiger partial charge in [-0.2, -0.15) is 4.98 Å². The van der Waals surface area contributed by atoms with E-state index >= 15 is 0 Å². The normalized spacial score (nSPS) is 13.6. The highest BCUT2D eigenvalue weighted by atomic mass is 16.5. The molecule has 1 aromatic carbocycles. The topological polar surface area (TPSA) is 61.2 Å². The van der Waals surface area contributed by atoms with Crippen LogP contribution in [0.25, 0.3) is 0 Å². The lowest BCUT2D eigenvalue weighted by atomic mass is 10.1. The van der Waals surface area contributed by atoms with Gasteiger partial charge in [0.2, 0.25) is 5.88 Å². The molecule has 5 nitrogen and oxygen atoms in total. The summed E-state index contributed by atoms with van der Waals surface area (Å²) < 4.78 is 6.87. The minimum absolute atomic E-state index is 0.0822. The number of fused-ring (bicyclic) bond motifs is 1. The van der Waals surface area contributed by atoms with Crippen LogP contribution >= 0.6 is 0 Å². The summed E-state index contributed by atoms with van der Waals surface area (Å²) in [4.78, 5) is 28.3. The molecule has 1 aromatic heterocycles. The maximum Gasteiger partial charge on any atom is 0.344 e. The van der Waals surface area contributed by atoms with E-state index < -0.39 is 5.97 Å². The molecular formula is C16H16N2O3. The van der Waals surface area contributed by atoms with E-state index in [4.69, 9.17) is 4.74 Å². The molecule has 0 saturated heterocycles. The molecule has 0 fully saturated rings. The highest BCUT2D eigenvalue weighted by Gasteiger charge is 2.16. The van der Waals surface area contributed by atoms with Crippen LogP contribution in [0.2, 0.25) is 0 Å². The highest BCUT2D eigenvalue weighted by Crippen LogP contribution is 2.14. The van der Waals surface area contributed by atoms with Crippen LogP contribution in [0.1, 0.15) is 34.6 Å². The van der Waals surface area contributed by atoms with Gasteiger partial charge in [0.15, 0.2) is 0 Å². The van der Waals surface area contributed by atoms with Crippen molar-refractivity contribution in [2.24, 2.45) is 0 Å². The molecule has 0 radical (unpaired) electrons. The van der Waals surface area contributed by atoms with Crippen molar-refractivity contribution in [3.8, 4) is 5.88 Å². The average Bonchev–Trinajstić information content (AvgIpc) is 2.48. The molecule has 1 aliphatic heterocycles. The number of carbonyl (C=O) groups excluding carboxylic acids is 1. The van der Waals surface area contributed by atoms with Crippen LogP contribution in [-0.2, 0) is 13.0 Å². The Morgan fingerprint density at radius 1 is 1.24 bits per heavy atom. The fourth-order valence-electron chi connectivity index (χ4n) is 2.41. The Balaban J connectivity index is 1.85. The van der Waals surface area contributed by atoms with Gasteiger partial charge in [-0.25, -0.2) is 4.79 Å². The van der Waals surface area contributed by atoms with Crippen molar-refractivity contribution in [1.82, 2.24) is 9.55 Å². The molecular weight excluding hydrogens is 268 g/mol. The van der Waals surface area contributed by atoms with Gasteiger partial charge in [0.25, 0.3) is 5.56 Å². The number of hydrogen-bond acceptors (Lipinski definition) is 4. The highest BCUT2D eigenvalue weighted by molar-refractivity contribution is 5.90. The first-order valence-corrected chi connectivity index (χ1v) is 7.03.